The van der Waals surface area contributed by atoms with Crippen molar-refractivity contribution in [2.24, 2.45) is 0 Å². The summed E-state index contributed by atoms with van der Waals surface area (Å²) < 4.78 is 27.2. The molecule has 0 bridgehead atoms. The van der Waals surface area contributed by atoms with E-state index in [1.54, 1.807) is 18.2 Å². The van der Waals surface area contributed by atoms with Crippen molar-refractivity contribution in [2.75, 3.05) is 26.0 Å². The van der Waals surface area contributed by atoms with E-state index in [1.165, 1.54) is 7.05 Å². The summed E-state index contributed by atoms with van der Waals surface area (Å²) in [4.78, 5) is 10.3. The number of rotatable bonds is 6. The lowest BCUT2D eigenvalue weighted by Crippen LogP contribution is -2.19. The van der Waals surface area contributed by atoms with Gasteiger partial charge in [0.05, 0.1) is 15.9 Å². The zero-order chi connectivity index (χ0) is 22.0. The highest BCUT2D eigenvalue weighted by Gasteiger charge is 2.17. The predicted octanol–water partition coefficient (Wildman–Crippen LogP) is 4.37. The zero-order valence-corrected chi connectivity index (χ0v) is 18.4. The summed E-state index contributed by atoms with van der Waals surface area (Å²) >= 11 is 0. The van der Waals surface area contributed by atoms with Gasteiger partial charge in [-0.05, 0) is 54.6 Å². The fraction of sp³-hybridized carbons (Fsp3) is 0.125. The number of H-pyrrole nitrogens is 1. The molecule has 4 rings (SSSR count). The summed E-state index contributed by atoms with van der Waals surface area (Å²) in [5.41, 5.74) is 5.33. The van der Waals surface area contributed by atoms with Gasteiger partial charge in [-0.2, -0.15) is 0 Å². The van der Waals surface area contributed by atoms with Crippen molar-refractivity contribution in [1.82, 2.24) is 14.7 Å². The van der Waals surface area contributed by atoms with Crippen LogP contribution < -0.4 is 9.62 Å². The van der Waals surface area contributed by atoms with E-state index in [-0.39, 0.29) is 4.90 Å². The normalized spacial score (nSPS) is 12.0. The summed E-state index contributed by atoms with van der Waals surface area (Å²) in [6, 6.07) is 20.9. The molecule has 3 aromatic carbocycles. The van der Waals surface area contributed by atoms with Gasteiger partial charge in [0, 0.05) is 25.3 Å². The maximum atomic E-state index is 12.4. The van der Waals surface area contributed by atoms with E-state index in [0.29, 0.717) is 5.56 Å². The molecule has 2 N–H and O–H groups in total. The molecule has 0 saturated heterocycles. The van der Waals surface area contributed by atoms with Gasteiger partial charge < -0.3 is 9.88 Å². The van der Waals surface area contributed by atoms with Crippen molar-refractivity contribution in [3.8, 4) is 11.1 Å². The second-order valence-electron chi connectivity index (χ2n) is 7.38. The molecule has 0 spiro atoms. The number of anilines is 1. The second kappa shape index (κ2) is 8.37. The molecule has 4 aromatic rings. The van der Waals surface area contributed by atoms with E-state index < -0.39 is 10.0 Å². The van der Waals surface area contributed by atoms with Gasteiger partial charge in [-0.15, -0.1) is 0 Å². The van der Waals surface area contributed by atoms with Crippen LogP contribution in [0.3, 0.4) is 0 Å². The lowest BCUT2D eigenvalue weighted by Gasteiger charge is -2.11. The monoisotopic (exact) mass is 432 g/mol. The molecule has 7 heteroatoms. The third kappa shape index (κ3) is 4.38. The number of sulfonamides is 1. The van der Waals surface area contributed by atoms with Crippen molar-refractivity contribution in [1.29, 1.82) is 0 Å². The van der Waals surface area contributed by atoms with Crippen LogP contribution in [0.2, 0.25) is 0 Å². The Hall–Kier alpha value is -3.42. The Balaban J connectivity index is 1.65. The molecule has 1 heterocycles. The Labute approximate surface area is 182 Å². The number of nitrogens with zero attached hydrogens (tertiary/aromatic N) is 2. The molecule has 0 unspecified atom stereocenters. The lowest BCUT2D eigenvalue weighted by atomic mass is 10.1. The molecule has 0 amide bonds. The van der Waals surface area contributed by atoms with Gasteiger partial charge in [-0.25, -0.2) is 18.1 Å². The van der Waals surface area contributed by atoms with E-state index in [4.69, 9.17) is 0 Å². The largest absolute Gasteiger partial charge is 0.378 e. The first-order valence-corrected chi connectivity index (χ1v) is 11.3. The summed E-state index contributed by atoms with van der Waals surface area (Å²) in [6.45, 7) is 0. The number of aromatic nitrogens is 2. The number of hydrogen-bond acceptors (Lipinski definition) is 4. The Bertz CT molecular complexity index is 1350. The third-order valence-corrected chi connectivity index (χ3v) is 6.57. The van der Waals surface area contributed by atoms with Gasteiger partial charge in [-0.3, -0.25) is 0 Å². The Morgan fingerprint density at radius 3 is 2.42 bits per heavy atom. The number of benzene rings is 3. The fourth-order valence-electron chi connectivity index (χ4n) is 3.38. The number of imidazole rings is 1. The lowest BCUT2D eigenvalue weighted by molar-refractivity contribution is 0.588. The first-order chi connectivity index (χ1) is 14.9. The molecule has 6 nitrogen and oxygen atoms in total. The van der Waals surface area contributed by atoms with Crippen LogP contribution in [0.25, 0.3) is 34.3 Å². The second-order valence-corrected chi connectivity index (χ2v) is 9.23. The molecular weight excluding hydrogens is 408 g/mol. The molecule has 0 radical (unpaired) electrons. The quantitative estimate of drug-likeness (QED) is 0.474. The summed E-state index contributed by atoms with van der Waals surface area (Å²) in [6.07, 6.45) is 3.94. The minimum atomic E-state index is -3.57. The van der Waals surface area contributed by atoms with Gasteiger partial charge in [0.25, 0.3) is 0 Å². The van der Waals surface area contributed by atoms with Crippen molar-refractivity contribution in [3.63, 3.8) is 0 Å². The van der Waals surface area contributed by atoms with Gasteiger partial charge >= 0.3 is 0 Å². The topological polar surface area (TPSA) is 78.1 Å². The van der Waals surface area contributed by atoms with Gasteiger partial charge in [0.15, 0.2) is 0 Å². The van der Waals surface area contributed by atoms with Gasteiger partial charge in [0.1, 0.15) is 5.82 Å². The molecule has 0 aliphatic carbocycles. The Morgan fingerprint density at radius 2 is 1.71 bits per heavy atom. The minimum absolute atomic E-state index is 0.244. The maximum Gasteiger partial charge on any atom is 0.240 e. The minimum Gasteiger partial charge on any atom is -0.378 e. The van der Waals surface area contributed by atoms with Crippen LogP contribution in [0.4, 0.5) is 5.69 Å². The molecule has 0 aliphatic rings. The van der Waals surface area contributed by atoms with Crippen LogP contribution in [-0.2, 0) is 10.0 Å². The molecule has 0 aliphatic heterocycles. The highest BCUT2D eigenvalue weighted by Crippen LogP contribution is 2.29. The molecule has 1 aromatic heterocycles. The molecule has 158 valence electrons. The zero-order valence-electron chi connectivity index (χ0n) is 17.6. The van der Waals surface area contributed by atoms with Crippen molar-refractivity contribution < 1.29 is 8.42 Å². The average molecular weight is 433 g/mol. The van der Waals surface area contributed by atoms with Crippen molar-refractivity contribution in [2.45, 2.75) is 4.90 Å². The highest BCUT2D eigenvalue weighted by atomic mass is 32.2. The van der Waals surface area contributed by atoms with E-state index in [0.717, 1.165) is 33.7 Å². The third-order valence-electron chi connectivity index (χ3n) is 5.10. The van der Waals surface area contributed by atoms with Crippen molar-refractivity contribution >= 4 is 38.9 Å². The van der Waals surface area contributed by atoms with Gasteiger partial charge in [0.2, 0.25) is 10.0 Å². The van der Waals surface area contributed by atoms with Crippen LogP contribution in [0.1, 0.15) is 11.4 Å². The Kier molecular flexibility index (Phi) is 5.63. The number of hydrogen-bond donors (Lipinski definition) is 2. The number of nitrogens with one attached hydrogen (secondary N) is 2. The van der Waals surface area contributed by atoms with Crippen molar-refractivity contribution in [3.05, 3.63) is 78.1 Å². The van der Waals surface area contributed by atoms with E-state index in [9.17, 15) is 8.42 Å². The molecule has 0 atom stereocenters. The van der Waals surface area contributed by atoms with Crippen LogP contribution >= 0.6 is 0 Å². The number of aromatic amines is 1. The standard InChI is InChI=1S/C24H24N4O2S/c1-25-31(29,30)23-7-5-4-6-20(23)18-11-14-21-22(16-18)27-24(26-21)15-10-17-8-12-19(13-9-17)28(2)3/h4-16,25H,1-3H3,(H,26,27)/b15-10+. The highest BCUT2D eigenvalue weighted by molar-refractivity contribution is 7.89. The molecular formula is C24H24N4O2S. The number of fused-ring (bicyclic) bond motifs is 1. The predicted molar refractivity (Wildman–Crippen MR) is 127 cm³/mol. The molecule has 31 heavy (non-hydrogen) atoms. The fourth-order valence-corrected chi connectivity index (χ4v) is 4.33. The van der Waals surface area contributed by atoms with Crippen LogP contribution in [-0.4, -0.2) is 39.5 Å². The van der Waals surface area contributed by atoms with Crippen LogP contribution in [0.15, 0.2) is 71.6 Å². The first-order valence-electron chi connectivity index (χ1n) is 9.85. The van der Waals surface area contributed by atoms with E-state index in [2.05, 4.69) is 43.9 Å². The van der Waals surface area contributed by atoms with Crippen LogP contribution in [0.5, 0.6) is 0 Å². The summed E-state index contributed by atoms with van der Waals surface area (Å²) in [5, 5.41) is 0. The Morgan fingerprint density at radius 1 is 0.968 bits per heavy atom. The van der Waals surface area contributed by atoms with Gasteiger partial charge in [-0.1, -0.05) is 42.5 Å². The van der Waals surface area contributed by atoms with E-state index in [1.807, 2.05) is 50.5 Å². The molecule has 0 saturated carbocycles. The maximum absolute atomic E-state index is 12.4. The summed E-state index contributed by atoms with van der Waals surface area (Å²) in [5.74, 6) is 0.736. The van der Waals surface area contributed by atoms with Crippen LogP contribution in [0, 0.1) is 0 Å². The summed E-state index contributed by atoms with van der Waals surface area (Å²) in [7, 11) is 1.88. The molecule has 0 fully saturated rings. The first kappa shape index (κ1) is 20.8. The smallest absolute Gasteiger partial charge is 0.240 e. The SMILES string of the molecule is CNS(=O)(=O)c1ccccc1-c1ccc2[nH]c(/C=C/c3ccc(N(C)C)cc3)nc2c1. The van der Waals surface area contributed by atoms with E-state index >= 15 is 0 Å². The average Bonchev–Trinajstić information content (AvgIpc) is 3.20.